The maximum absolute atomic E-state index is 14.0. The number of aryl methyl sites for hydroxylation is 1. The van der Waals surface area contributed by atoms with Gasteiger partial charge in [0.25, 0.3) is 11.8 Å². The first kappa shape index (κ1) is 25.3. The monoisotopic (exact) mass is 518 g/mol. The number of para-hydroxylation sites is 1. The van der Waals surface area contributed by atoms with Gasteiger partial charge in [-0.1, -0.05) is 54.6 Å². The van der Waals surface area contributed by atoms with E-state index in [1.54, 1.807) is 9.58 Å². The fourth-order valence-corrected chi connectivity index (χ4v) is 5.01. The number of nitrogens with one attached hydrogen (secondary N) is 1. The zero-order valence-electron chi connectivity index (χ0n) is 20.7. The molecule has 5 rings (SSSR count). The Balaban J connectivity index is 1.64. The zero-order valence-corrected chi connectivity index (χ0v) is 20.7. The molecule has 2 atom stereocenters. The molecule has 194 valence electrons. The molecule has 1 aliphatic heterocycles. The van der Waals surface area contributed by atoms with Crippen molar-refractivity contribution in [2.24, 2.45) is 0 Å². The minimum Gasteiger partial charge on any atom is -0.339 e. The van der Waals surface area contributed by atoms with Crippen LogP contribution in [-0.2, 0) is 11.0 Å². The lowest BCUT2D eigenvalue weighted by Crippen LogP contribution is -2.55. The normalized spacial score (nSPS) is 17.3. The molecular weight excluding hydrogens is 493 g/mol. The van der Waals surface area contributed by atoms with E-state index in [-0.39, 0.29) is 11.5 Å². The highest BCUT2D eigenvalue weighted by atomic mass is 19.4. The summed E-state index contributed by atoms with van der Waals surface area (Å²) in [5, 5.41) is 7.53. The molecule has 4 aromatic rings. The molecule has 0 radical (unpaired) electrons. The third-order valence-corrected chi connectivity index (χ3v) is 6.73. The molecule has 0 saturated heterocycles. The van der Waals surface area contributed by atoms with Crippen LogP contribution in [-0.4, -0.2) is 34.2 Å². The van der Waals surface area contributed by atoms with E-state index in [0.717, 1.165) is 28.9 Å². The van der Waals surface area contributed by atoms with Crippen LogP contribution >= 0.6 is 0 Å². The lowest BCUT2D eigenvalue weighted by Gasteiger charge is -2.38. The molecule has 0 saturated carbocycles. The van der Waals surface area contributed by atoms with Gasteiger partial charge in [-0.2, -0.15) is 18.3 Å². The standard InChI is InChI=1S/C29H25F3N4O2/c1-3-35-27-23(18(2)34-36(27)22-15-8-5-9-16-22)24(19-11-6-4-7-12-19)25(28(35)38)33-26(37)20-13-10-14-21(17-20)29(30,31)32/h4-17,24-25H,3H2,1-2H3,(H,33,37). The van der Waals surface area contributed by atoms with Crippen molar-refractivity contribution in [3.8, 4) is 5.69 Å². The van der Waals surface area contributed by atoms with Gasteiger partial charge in [-0.15, -0.1) is 0 Å². The van der Waals surface area contributed by atoms with Crippen LogP contribution in [0.4, 0.5) is 19.0 Å². The number of likely N-dealkylation sites (N-methyl/N-ethyl adjacent to an activating group) is 1. The zero-order chi connectivity index (χ0) is 27.0. The van der Waals surface area contributed by atoms with Crippen molar-refractivity contribution in [2.75, 3.05) is 11.4 Å². The summed E-state index contributed by atoms with van der Waals surface area (Å²) in [6.45, 7) is 3.98. The number of alkyl halides is 3. The van der Waals surface area contributed by atoms with Crippen molar-refractivity contribution in [1.82, 2.24) is 15.1 Å². The lowest BCUT2D eigenvalue weighted by molar-refractivity contribution is -0.137. The van der Waals surface area contributed by atoms with Crippen LogP contribution in [0.1, 0.15) is 45.6 Å². The van der Waals surface area contributed by atoms with Gasteiger partial charge in [-0.05, 0) is 49.7 Å². The van der Waals surface area contributed by atoms with E-state index in [4.69, 9.17) is 5.10 Å². The Kier molecular flexibility index (Phi) is 6.52. The fraction of sp³-hybridized carbons (Fsp3) is 0.207. The smallest absolute Gasteiger partial charge is 0.339 e. The van der Waals surface area contributed by atoms with Gasteiger partial charge in [0.2, 0.25) is 0 Å². The molecule has 1 aromatic heterocycles. The highest BCUT2D eigenvalue weighted by Crippen LogP contribution is 2.43. The van der Waals surface area contributed by atoms with Crippen molar-refractivity contribution < 1.29 is 22.8 Å². The Morgan fingerprint density at radius 2 is 1.63 bits per heavy atom. The molecule has 2 heterocycles. The summed E-state index contributed by atoms with van der Waals surface area (Å²) < 4.78 is 41.6. The first-order chi connectivity index (χ1) is 18.2. The predicted molar refractivity (Wildman–Crippen MR) is 137 cm³/mol. The number of hydrogen-bond donors (Lipinski definition) is 1. The summed E-state index contributed by atoms with van der Waals surface area (Å²) in [7, 11) is 0. The summed E-state index contributed by atoms with van der Waals surface area (Å²) in [5.74, 6) is -1.12. The van der Waals surface area contributed by atoms with Gasteiger partial charge in [0, 0.05) is 23.6 Å². The summed E-state index contributed by atoms with van der Waals surface area (Å²) in [6.07, 6.45) is -4.60. The summed E-state index contributed by atoms with van der Waals surface area (Å²) >= 11 is 0. The second kappa shape index (κ2) is 9.81. The van der Waals surface area contributed by atoms with Gasteiger partial charge in [0.15, 0.2) is 0 Å². The van der Waals surface area contributed by atoms with E-state index in [9.17, 15) is 22.8 Å². The Hall–Kier alpha value is -4.40. The number of anilines is 1. The number of amides is 2. The molecule has 9 heteroatoms. The topological polar surface area (TPSA) is 67.2 Å². The van der Waals surface area contributed by atoms with E-state index in [1.165, 1.54) is 12.1 Å². The van der Waals surface area contributed by atoms with E-state index in [1.807, 2.05) is 74.5 Å². The van der Waals surface area contributed by atoms with Gasteiger partial charge in [0.1, 0.15) is 11.9 Å². The number of benzene rings is 3. The molecule has 0 bridgehead atoms. The average Bonchev–Trinajstić information content (AvgIpc) is 3.26. The number of halogens is 3. The van der Waals surface area contributed by atoms with Crippen LogP contribution in [0.25, 0.3) is 5.69 Å². The summed E-state index contributed by atoms with van der Waals surface area (Å²) in [4.78, 5) is 28.8. The molecule has 0 aliphatic carbocycles. The van der Waals surface area contributed by atoms with Crippen molar-refractivity contribution in [3.05, 3.63) is 113 Å². The van der Waals surface area contributed by atoms with Gasteiger partial charge in [-0.3, -0.25) is 14.5 Å². The second-order valence-corrected chi connectivity index (χ2v) is 9.07. The van der Waals surface area contributed by atoms with Gasteiger partial charge >= 0.3 is 6.18 Å². The third kappa shape index (κ3) is 4.44. The largest absolute Gasteiger partial charge is 0.416 e. The van der Waals surface area contributed by atoms with Crippen LogP contribution in [0.5, 0.6) is 0 Å². The highest BCUT2D eigenvalue weighted by Gasteiger charge is 2.45. The maximum atomic E-state index is 14.0. The number of hydrogen-bond acceptors (Lipinski definition) is 3. The fourth-order valence-electron chi connectivity index (χ4n) is 5.01. The van der Waals surface area contributed by atoms with Crippen LogP contribution in [0.3, 0.4) is 0 Å². The Labute approximate surface area is 217 Å². The maximum Gasteiger partial charge on any atom is 0.416 e. The van der Waals surface area contributed by atoms with Crippen molar-refractivity contribution in [3.63, 3.8) is 0 Å². The molecular formula is C29H25F3N4O2. The number of aromatic nitrogens is 2. The molecule has 1 N–H and O–H groups in total. The summed E-state index contributed by atoms with van der Waals surface area (Å²) in [5.41, 5.74) is 1.91. The van der Waals surface area contributed by atoms with E-state index in [2.05, 4.69) is 5.32 Å². The summed E-state index contributed by atoms with van der Waals surface area (Å²) in [6, 6.07) is 21.8. The molecule has 2 unspecified atom stereocenters. The minimum absolute atomic E-state index is 0.176. The Morgan fingerprint density at radius 1 is 0.974 bits per heavy atom. The van der Waals surface area contributed by atoms with Gasteiger partial charge in [-0.25, -0.2) is 4.68 Å². The predicted octanol–water partition coefficient (Wildman–Crippen LogP) is 5.50. The third-order valence-electron chi connectivity index (χ3n) is 6.73. The molecule has 6 nitrogen and oxygen atoms in total. The van der Waals surface area contributed by atoms with Crippen molar-refractivity contribution in [1.29, 1.82) is 0 Å². The first-order valence-electron chi connectivity index (χ1n) is 12.2. The molecule has 2 amide bonds. The van der Waals surface area contributed by atoms with Crippen LogP contribution in [0, 0.1) is 6.92 Å². The molecule has 3 aromatic carbocycles. The number of fused-ring (bicyclic) bond motifs is 1. The van der Waals surface area contributed by atoms with E-state index in [0.29, 0.717) is 18.1 Å². The van der Waals surface area contributed by atoms with Crippen LogP contribution in [0.2, 0.25) is 0 Å². The van der Waals surface area contributed by atoms with Crippen LogP contribution < -0.4 is 10.2 Å². The van der Waals surface area contributed by atoms with Gasteiger partial charge in [0.05, 0.1) is 16.9 Å². The average molecular weight is 519 g/mol. The molecule has 1 aliphatic rings. The SMILES string of the molecule is CCN1C(=O)C(NC(=O)c2cccc(C(F)(F)F)c2)C(c2ccccc2)c2c(C)nn(-c3ccccc3)c21. The van der Waals surface area contributed by atoms with E-state index < -0.39 is 29.6 Å². The Morgan fingerprint density at radius 3 is 2.26 bits per heavy atom. The molecule has 0 spiro atoms. The lowest BCUT2D eigenvalue weighted by atomic mass is 9.81. The first-order valence-corrected chi connectivity index (χ1v) is 12.2. The molecule has 38 heavy (non-hydrogen) atoms. The highest BCUT2D eigenvalue weighted by molar-refractivity contribution is 6.05. The van der Waals surface area contributed by atoms with Crippen molar-refractivity contribution >= 4 is 17.6 Å². The number of rotatable bonds is 5. The second-order valence-electron chi connectivity index (χ2n) is 9.07. The van der Waals surface area contributed by atoms with Crippen molar-refractivity contribution in [2.45, 2.75) is 32.0 Å². The molecule has 0 fully saturated rings. The number of carbonyl (C=O) groups excluding carboxylic acids is 2. The number of nitrogens with zero attached hydrogens (tertiary/aromatic N) is 3. The van der Waals surface area contributed by atoms with Crippen LogP contribution in [0.15, 0.2) is 84.9 Å². The quantitative estimate of drug-likeness (QED) is 0.380. The Bertz CT molecular complexity index is 1480. The van der Waals surface area contributed by atoms with E-state index >= 15 is 0 Å². The number of carbonyl (C=O) groups is 2. The minimum atomic E-state index is -4.60. The van der Waals surface area contributed by atoms with Gasteiger partial charge < -0.3 is 5.32 Å².